The zero-order chi connectivity index (χ0) is 23.9. The van der Waals surface area contributed by atoms with Gasteiger partial charge in [0.1, 0.15) is 5.58 Å². The molecule has 0 N–H and O–H groups in total. The minimum Gasteiger partial charge on any atom is -0.454 e. The molecular formula is C30H19N5OPd. The number of hydrogen-bond acceptors (Lipinski definition) is 4. The summed E-state index contributed by atoms with van der Waals surface area (Å²) in [5, 5.41) is 10.9. The quantitative estimate of drug-likeness (QED) is 0.164. The van der Waals surface area contributed by atoms with Crippen molar-refractivity contribution in [1.29, 1.82) is 0 Å². The first-order valence-corrected chi connectivity index (χ1v) is 11.6. The second-order valence-corrected chi connectivity index (χ2v) is 8.33. The number of furan rings is 1. The monoisotopic (exact) mass is 571 g/mol. The Balaban J connectivity index is 0.00000252. The third-order valence-corrected chi connectivity index (χ3v) is 6.14. The van der Waals surface area contributed by atoms with Crippen molar-refractivity contribution in [3.8, 4) is 11.4 Å². The van der Waals surface area contributed by atoms with E-state index in [2.05, 4.69) is 51.5 Å². The second kappa shape index (κ2) is 9.55. The summed E-state index contributed by atoms with van der Waals surface area (Å²) in [6.07, 6.45) is 7.33. The smallest absolute Gasteiger partial charge is 0.454 e. The summed E-state index contributed by atoms with van der Waals surface area (Å²) < 4.78 is 10.0. The Hall–Kier alpha value is -4.44. The minimum absolute atomic E-state index is 0. The van der Waals surface area contributed by atoms with Crippen molar-refractivity contribution in [3.05, 3.63) is 128 Å². The molecule has 0 aliphatic rings. The maximum Gasteiger partial charge on any atom is 2.00 e. The first-order valence-electron chi connectivity index (χ1n) is 11.6. The van der Waals surface area contributed by atoms with Crippen molar-refractivity contribution < 1.29 is 24.8 Å². The van der Waals surface area contributed by atoms with Gasteiger partial charge in [-0.25, -0.2) is 0 Å². The van der Waals surface area contributed by atoms with Gasteiger partial charge in [0.05, 0.1) is 5.69 Å². The molecule has 7 heteroatoms. The average Bonchev–Trinajstić information content (AvgIpc) is 3.71. The van der Waals surface area contributed by atoms with Gasteiger partial charge >= 0.3 is 20.4 Å². The summed E-state index contributed by atoms with van der Waals surface area (Å²) >= 11 is 0. The van der Waals surface area contributed by atoms with E-state index in [-0.39, 0.29) is 20.4 Å². The fourth-order valence-electron chi connectivity index (χ4n) is 4.54. The molecule has 4 aromatic carbocycles. The summed E-state index contributed by atoms with van der Waals surface area (Å²) in [5.41, 5.74) is 5.89. The van der Waals surface area contributed by atoms with Crippen LogP contribution in [0.4, 0.5) is 17.1 Å². The van der Waals surface area contributed by atoms with Crippen LogP contribution in [-0.2, 0) is 20.4 Å². The van der Waals surface area contributed by atoms with Crippen molar-refractivity contribution >= 4 is 39.0 Å². The molecule has 0 saturated heterocycles. The van der Waals surface area contributed by atoms with E-state index in [0.717, 1.165) is 50.4 Å². The van der Waals surface area contributed by atoms with E-state index in [1.54, 1.807) is 21.8 Å². The molecule has 0 amide bonds. The van der Waals surface area contributed by atoms with Gasteiger partial charge in [-0.1, -0.05) is 41.7 Å². The molecule has 0 saturated carbocycles. The summed E-state index contributed by atoms with van der Waals surface area (Å²) in [6, 6.07) is 37.2. The van der Waals surface area contributed by atoms with Gasteiger partial charge in [-0.15, -0.1) is 36.4 Å². The third-order valence-electron chi connectivity index (χ3n) is 6.14. The number of para-hydroxylation sites is 2. The Kier molecular flexibility index (Phi) is 5.93. The number of aromatic nitrogens is 4. The number of fused-ring (bicyclic) bond motifs is 3. The molecule has 0 aliphatic heterocycles. The Morgan fingerprint density at radius 1 is 0.622 bits per heavy atom. The first kappa shape index (κ1) is 23.0. The van der Waals surface area contributed by atoms with Crippen LogP contribution in [0.3, 0.4) is 0 Å². The molecule has 0 aliphatic carbocycles. The van der Waals surface area contributed by atoms with Gasteiger partial charge in [0.25, 0.3) is 0 Å². The van der Waals surface area contributed by atoms with Crippen LogP contribution in [0.25, 0.3) is 33.3 Å². The summed E-state index contributed by atoms with van der Waals surface area (Å²) in [4.78, 5) is 2.12. The predicted molar refractivity (Wildman–Crippen MR) is 140 cm³/mol. The molecular weight excluding hydrogens is 553 g/mol. The second-order valence-electron chi connectivity index (χ2n) is 8.33. The molecule has 3 heterocycles. The van der Waals surface area contributed by atoms with Crippen molar-refractivity contribution in [2.45, 2.75) is 0 Å². The van der Waals surface area contributed by atoms with E-state index in [1.807, 2.05) is 79.1 Å². The summed E-state index contributed by atoms with van der Waals surface area (Å²) in [5.74, 6) is 0. The summed E-state index contributed by atoms with van der Waals surface area (Å²) in [7, 11) is 0. The Bertz CT molecular complexity index is 1730. The molecule has 6 nitrogen and oxygen atoms in total. The van der Waals surface area contributed by atoms with Crippen LogP contribution < -0.4 is 4.90 Å². The van der Waals surface area contributed by atoms with Crippen LogP contribution >= 0.6 is 0 Å². The van der Waals surface area contributed by atoms with Crippen molar-refractivity contribution in [3.63, 3.8) is 0 Å². The van der Waals surface area contributed by atoms with Gasteiger partial charge in [0, 0.05) is 35.6 Å². The van der Waals surface area contributed by atoms with Crippen LogP contribution in [0, 0.1) is 12.1 Å². The number of anilines is 3. The Morgan fingerprint density at radius 3 is 1.84 bits per heavy atom. The van der Waals surface area contributed by atoms with E-state index < -0.39 is 0 Å². The van der Waals surface area contributed by atoms with Gasteiger partial charge in [0.2, 0.25) is 0 Å². The van der Waals surface area contributed by atoms with E-state index in [9.17, 15) is 0 Å². The topological polar surface area (TPSA) is 52.0 Å². The molecule has 0 radical (unpaired) electrons. The number of rotatable bonds is 5. The molecule has 3 aromatic heterocycles. The van der Waals surface area contributed by atoms with Gasteiger partial charge in [-0.3, -0.25) is 9.36 Å². The van der Waals surface area contributed by atoms with Crippen molar-refractivity contribution in [2.75, 3.05) is 4.90 Å². The molecule has 7 rings (SSSR count). The van der Waals surface area contributed by atoms with Crippen LogP contribution in [0.5, 0.6) is 0 Å². The largest absolute Gasteiger partial charge is 2.00 e. The van der Waals surface area contributed by atoms with Crippen LogP contribution in [0.15, 0.2) is 120 Å². The molecule has 0 bridgehead atoms. The van der Waals surface area contributed by atoms with Gasteiger partial charge in [-0.05, 0) is 35.6 Å². The molecule has 0 atom stereocenters. The maximum atomic E-state index is 6.41. The number of nitrogens with zero attached hydrogens (tertiary/aromatic N) is 5. The molecule has 7 aromatic rings. The zero-order valence-corrected chi connectivity index (χ0v) is 21.0. The molecule has 0 unspecified atom stereocenters. The van der Waals surface area contributed by atoms with E-state index in [4.69, 9.17) is 4.42 Å². The molecule has 0 spiro atoms. The van der Waals surface area contributed by atoms with Crippen LogP contribution in [0.2, 0.25) is 0 Å². The summed E-state index contributed by atoms with van der Waals surface area (Å²) in [6.45, 7) is 0. The fourth-order valence-corrected chi connectivity index (χ4v) is 4.54. The van der Waals surface area contributed by atoms with Crippen LogP contribution in [-0.4, -0.2) is 19.6 Å². The van der Waals surface area contributed by atoms with Gasteiger partial charge < -0.3 is 9.32 Å². The van der Waals surface area contributed by atoms with E-state index in [0.29, 0.717) is 0 Å². The fraction of sp³-hybridized carbons (Fsp3) is 0. The Morgan fingerprint density at radius 2 is 1.22 bits per heavy atom. The third kappa shape index (κ3) is 4.05. The van der Waals surface area contributed by atoms with Crippen LogP contribution in [0.1, 0.15) is 0 Å². The first-order chi connectivity index (χ1) is 17.8. The van der Waals surface area contributed by atoms with E-state index in [1.165, 1.54) is 0 Å². The Labute approximate surface area is 227 Å². The van der Waals surface area contributed by atoms with Crippen molar-refractivity contribution in [1.82, 2.24) is 19.6 Å². The SMILES string of the molecule is [Pd+2].[c-]1c(N(c2[c-]c(-n3cccn3)ccc2)c2cccc3c2oc2ccccc23)cccc1-n1cccn1. The standard InChI is InChI=1S/C30H19N5O.Pd/c1-2-15-29-26(12-1)27-13-5-14-28(30(27)36-29)35(24-10-3-8-22(20-24)33-18-6-16-31-33)25-11-4-9-23(21-25)34-19-7-17-32-34;/h1-19H;/q-2;+2. The number of hydrogen-bond donors (Lipinski definition) is 0. The molecule has 180 valence electrons. The number of benzene rings is 4. The zero-order valence-electron chi connectivity index (χ0n) is 19.4. The van der Waals surface area contributed by atoms with Gasteiger partial charge in [-0.2, -0.15) is 22.3 Å². The minimum atomic E-state index is 0. The molecule has 37 heavy (non-hydrogen) atoms. The van der Waals surface area contributed by atoms with Gasteiger partial charge in [0.15, 0.2) is 5.58 Å². The normalized spacial score (nSPS) is 11.0. The molecule has 0 fully saturated rings. The van der Waals surface area contributed by atoms with E-state index >= 15 is 0 Å². The predicted octanol–water partition coefficient (Wildman–Crippen LogP) is 7.03. The average molecular weight is 572 g/mol. The maximum absolute atomic E-state index is 6.41. The van der Waals surface area contributed by atoms with Crippen molar-refractivity contribution in [2.24, 2.45) is 0 Å².